The molecule has 0 saturated heterocycles. The van der Waals surface area contributed by atoms with E-state index in [4.69, 9.17) is 0 Å². The molecule has 0 fully saturated rings. The molecule has 0 saturated carbocycles. The van der Waals surface area contributed by atoms with Gasteiger partial charge in [-0.3, -0.25) is 0 Å². The summed E-state index contributed by atoms with van der Waals surface area (Å²) in [5.74, 6) is 0.468. The minimum atomic E-state index is 0.0546. The van der Waals surface area contributed by atoms with Crippen molar-refractivity contribution in [2.45, 2.75) is 26.3 Å². The van der Waals surface area contributed by atoms with Crippen molar-refractivity contribution in [3.8, 4) is 0 Å². The first-order chi connectivity index (χ1) is 10.2. The third-order valence-electron chi connectivity index (χ3n) is 3.70. The molecule has 2 amide bonds. The molecule has 3 rings (SSSR count). The second-order valence-electron chi connectivity index (χ2n) is 5.74. The average Bonchev–Trinajstić information content (AvgIpc) is 3.14. The van der Waals surface area contributed by atoms with Crippen molar-refractivity contribution < 1.29 is 4.79 Å². The van der Waals surface area contributed by atoms with Gasteiger partial charge in [0.05, 0.1) is 6.04 Å². The van der Waals surface area contributed by atoms with Crippen LogP contribution in [0.2, 0.25) is 0 Å². The molecule has 3 nitrogen and oxygen atoms in total. The van der Waals surface area contributed by atoms with Crippen LogP contribution in [0.15, 0.2) is 29.0 Å². The fourth-order valence-corrected chi connectivity index (χ4v) is 4.44. The van der Waals surface area contributed by atoms with Gasteiger partial charge in [0.15, 0.2) is 0 Å². The van der Waals surface area contributed by atoms with Crippen molar-refractivity contribution >= 4 is 28.7 Å². The molecule has 0 bridgehead atoms. The van der Waals surface area contributed by atoms with Crippen LogP contribution < -0.4 is 5.32 Å². The summed E-state index contributed by atoms with van der Waals surface area (Å²) < 4.78 is 0. The minimum Gasteiger partial charge on any atom is -0.338 e. The van der Waals surface area contributed by atoms with Gasteiger partial charge in [-0.15, -0.1) is 22.7 Å². The summed E-state index contributed by atoms with van der Waals surface area (Å²) in [4.78, 5) is 17.2. The molecule has 3 heterocycles. The maximum atomic E-state index is 12.6. The number of fused-ring (bicyclic) bond motifs is 1. The van der Waals surface area contributed by atoms with Crippen LogP contribution >= 0.6 is 22.7 Å². The van der Waals surface area contributed by atoms with Crippen LogP contribution in [0, 0.1) is 5.92 Å². The lowest BCUT2D eigenvalue weighted by atomic mass is 9.99. The van der Waals surface area contributed by atoms with E-state index < -0.39 is 0 Å². The van der Waals surface area contributed by atoms with E-state index in [-0.39, 0.29) is 12.1 Å². The van der Waals surface area contributed by atoms with Crippen LogP contribution in [0.5, 0.6) is 0 Å². The van der Waals surface area contributed by atoms with Gasteiger partial charge in [0, 0.05) is 22.8 Å². The average molecular weight is 320 g/mol. The molecular formula is C16H20N2OS2. The number of nitrogens with one attached hydrogen (secondary N) is 1. The second-order valence-corrected chi connectivity index (χ2v) is 7.72. The number of rotatable bonds is 3. The third-order valence-corrected chi connectivity index (χ3v) is 5.62. The van der Waals surface area contributed by atoms with Crippen LogP contribution in [0.4, 0.5) is 4.79 Å². The number of nitrogens with zero attached hydrogens (tertiary/aromatic N) is 1. The zero-order valence-electron chi connectivity index (χ0n) is 12.3. The Kier molecular flexibility index (Phi) is 4.31. The Labute approximate surface area is 133 Å². The Morgan fingerprint density at radius 2 is 2.24 bits per heavy atom. The van der Waals surface area contributed by atoms with Crippen molar-refractivity contribution in [3.05, 3.63) is 44.3 Å². The fourth-order valence-electron chi connectivity index (χ4n) is 2.68. The normalized spacial score (nSPS) is 17.9. The van der Waals surface area contributed by atoms with E-state index in [1.165, 1.54) is 15.3 Å². The van der Waals surface area contributed by atoms with E-state index in [0.29, 0.717) is 5.92 Å². The summed E-state index contributed by atoms with van der Waals surface area (Å²) >= 11 is 3.53. The predicted octanol–water partition coefficient (Wildman–Crippen LogP) is 4.12. The van der Waals surface area contributed by atoms with E-state index in [9.17, 15) is 4.79 Å². The molecule has 0 radical (unpaired) electrons. The Bertz CT molecular complexity index is 604. The van der Waals surface area contributed by atoms with Crippen LogP contribution in [-0.2, 0) is 6.42 Å². The van der Waals surface area contributed by atoms with E-state index in [0.717, 1.165) is 19.5 Å². The Balaban J connectivity index is 1.88. The van der Waals surface area contributed by atoms with Gasteiger partial charge < -0.3 is 10.2 Å². The fraction of sp³-hybridized carbons (Fsp3) is 0.438. The number of amides is 2. The monoisotopic (exact) mass is 320 g/mol. The van der Waals surface area contributed by atoms with Crippen molar-refractivity contribution in [2.24, 2.45) is 5.92 Å². The lowest BCUT2D eigenvalue weighted by molar-refractivity contribution is 0.180. The van der Waals surface area contributed by atoms with E-state index in [2.05, 4.69) is 48.1 Å². The van der Waals surface area contributed by atoms with Crippen molar-refractivity contribution in [1.29, 1.82) is 0 Å². The molecule has 21 heavy (non-hydrogen) atoms. The zero-order chi connectivity index (χ0) is 14.8. The highest BCUT2D eigenvalue weighted by Crippen LogP contribution is 2.39. The van der Waals surface area contributed by atoms with E-state index in [1.807, 2.05) is 4.90 Å². The van der Waals surface area contributed by atoms with Gasteiger partial charge in [0.25, 0.3) is 0 Å². The van der Waals surface area contributed by atoms with Gasteiger partial charge in [0.1, 0.15) is 0 Å². The molecule has 1 atom stereocenters. The number of carbonyl (C=O) groups excluding carboxylic acids is 1. The summed E-state index contributed by atoms with van der Waals surface area (Å²) in [6.07, 6.45) is 0.962. The molecule has 0 spiro atoms. The summed E-state index contributed by atoms with van der Waals surface area (Å²) in [5, 5.41) is 7.28. The van der Waals surface area contributed by atoms with Gasteiger partial charge in [-0.1, -0.05) is 19.9 Å². The first kappa shape index (κ1) is 14.6. The summed E-state index contributed by atoms with van der Waals surface area (Å²) in [6.45, 7) is 5.75. The van der Waals surface area contributed by atoms with Crippen LogP contribution in [0.25, 0.3) is 0 Å². The highest BCUT2D eigenvalue weighted by molar-refractivity contribution is 7.10. The van der Waals surface area contributed by atoms with Gasteiger partial charge in [-0.25, -0.2) is 4.79 Å². The van der Waals surface area contributed by atoms with E-state index in [1.54, 1.807) is 22.7 Å². The molecule has 2 aromatic heterocycles. The number of hydrogen-bond donors (Lipinski definition) is 1. The number of hydrogen-bond acceptors (Lipinski definition) is 3. The minimum absolute atomic E-state index is 0.0546. The zero-order valence-corrected chi connectivity index (χ0v) is 14.0. The number of carbonyl (C=O) groups is 1. The Morgan fingerprint density at radius 1 is 1.38 bits per heavy atom. The largest absolute Gasteiger partial charge is 0.338 e. The van der Waals surface area contributed by atoms with Crippen LogP contribution in [0.1, 0.15) is 35.2 Å². The molecule has 1 aliphatic heterocycles. The number of urea groups is 1. The highest BCUT2D eigenvalue weighted by Gasteiger charge is 2.33. The lowest BCUT2D eigenvalue weighted by Crippen LogP contribution is -2.46. The van der Waals surface area contributed by atoms with Gasteiger partial charge in [-0.05, 0) is 40.8 Å². The van der Waals surface area contributed by atoms with Crippen molar-refractivity contribution in [3.63, 3.8) is 0 Å². The first-order valence-electron chi connectivity index (χ1n) is 7.31. The maximum absolute atomic E-state index is 12.6. The SMILES string of the molecule is CC(C)CNC(=O)N1CCc2sccc2C1c1cccs1. The molecule has 0 aliphatic carbocycles. The molecule has 0 aromatic carbocycles. The first-order valence-corrected chi connectivity index (χ1v) is 9.07. The predicted molar refractivity (Wildman–Crippen MR) is 89.1 cm³/mol. The topological polar surface area (TPSA) is 32.3 Å². The maximum Gasteiger partial charge on any atom is 0.318 e. The molecule has 2 aromatic rings. The summed E-state index contributed by atoms with van der Waals surface area (Å²) in [7, 11) is 0. The van der Waals surface area contributed by atoms with Gasteiger partial charge in [0.2, 0.25) is 0 Å². The van der Waals surface area contributed by atoms with E-state index >= 15 is 0 Å². The lowest BCUT2D eigenvalue weighted by Gasteiger charge is -2.35. The second kappa shape index (κ2) is 6.20. The van der Waals surface area contributed by atoms with Crippen LogP contribution in [0.3, 0.4) is 0 Å². The standard InChI is InChI=1S/C16H20N2OS2/c1-11(2)10-17-16(19)18-7-5-13-12(6-9-21-13)15(18)14-4-3-8-20-14/h3-4,6,8-9,11,15H,5,7,10H2,1-2H3,(H,17,19). The van der Waals surface area contributed by atoms with Crippen molar-refractivity contribution in [2.75, 3.05) is 13.1 Å². The summed E-state index contributed by atoms with van der Waals surface area (Å²) in [6, 6.07) is 6.49. The smallest absolute Gasteiger partial charge is 0.318 e. The van der Waals surface area contributed by atoms with Crippen molar-refractivity contribution in [1.82, 2.24) is 10.2 Å². The molecule has 1 unspecified atom stereocenters. The third kappa shape index (κ3) is 2.99. The molecule has 1 N–H and O–H groups in total. The van der Waals surface area contributed by atoms with Crippen LogP contribution in [-0.4, -0.2) is 24.0 Å². The summed E-state index contributed by atoms with van der Waals surface area (Å²) in [5.41, 5.74) is 1.30. The van der Waals surface area contributed by atoms with Gasteiger partial charge in [-0.2, -0.15) is 0 Å². The molecule has 112 valence electrons. The Morgan fingerprint density at radius 3 is 2.95 bits per heavy atom. The van der Waals surface area contributed by atoms with Gasteiger partial charge >= 0.3 is 6.03 Å². The molecular weight excluding hydrogens is 300 g/mol. The Hall–Kier alpha value is -1.33. The highest BCUT2D eigenvalue weighted by atomic mass is 32.1. The quantitative estimate of drug-likeness (QED) is 0.906. The molecule has 5 heteroatoms. The molecule has 1 aliphatic rings. The number of thiophene rings is 2.